The van der Waals surface area contributed by atoms with Gasteiger partial charge in [-0.05, 0) is 70.6 Å². The van der Waals surface area contributed by atoms with Crippen molar-refractivity contribution in [3.63, 3.8) is 0 Å². The van der Waals surface area contributed by atoms with Crippen LogP contribution < -0.4 is 15.4 Å². The van der Waals surface area contributed by atoms with Crippen molar-refractivity contribution >= 4 is 46.1 Å². The Morgan fingerprint density at radius 3 is 2.54 bits per heavy atom. The molecule has 1 fully saturated rings. The highest BCUT2D eigenvalue weighted by Crippen LogP contribution is 2.39. The first-order chi connectivity index (χ1) is 17.7. The molecule has 0 saturated carbocycles. The number of aromatic nitrogens is 1. The summed E-state index contributed by atoms with van der Waals surface area (Å²) in [6.07, 6.45) is 1.06. The van der Waals surface area contributed by atoms with E-state index in [1.54, 1.807) is 18.2 Å². The molecule has 1 aliphatic heterocycles. The van der Waals surface area contributed by atoms with Gasteiger partial charge in [-0.15, -0.1) is 0 Å². The van der Waals surface area contributed by atoms with Crippen LogP contribution in [0.3, 0.4) is 0 Å². The predicted octanol–water partition coefficient (Wildman–Crippen LogP) is 2.51. The number of amides is 4. The van der Waals surface area contributed by atoms with Gasteiger partial charge in [0.15, 0.2) is 0 Å². The number of hydrogen-bond donors (Lipinski definition) is 3. The SMILES string of the molecule is NC(=O)[C@H](Cc1ncccc1O)N1C(=O)[C@@H](c2ccc(OCCO)cc2)N(c2ccc(I)cc2F)C1=O. The van der Waals surface area contributed by atoms with Crippen LogP contribution in [0.1, 0.15) is 17.3 Å². The lowest BCUT2D eigenvalue weighted by molar-refractivity contribution is -0.134. The van der Waals surface area contributed by atoms with Crippen LogP contribution in [0.2, 0.25) is 0 Å². The number of aliphatic hydroxyl groups is 1. The zero-order valence-corrected chi connectivity index (χ0v) is 21.4. The Labute approximate surface area is 224 Å². The van der Waals surface area contributed by atoms with Crippen molar-refractivity contribution in [3.8, 4) is 11.5 Å². The van der Waals surface area contributed by atoms with E-state index in [1.807, 2.05) is 22.6 Å². The Bertz CT molecular complexity index is 1340. The number of anilines is 1. The maximum Gasteiger partial charge on any atom is 0.333 e. The van der Waals surface area contributed by atoms with E-state index in [-0.39, 0.29) is 36.8 Å². The van der Waals surface area contributed by atoms with Crippen molar-refractivity contribution < 1.29 is 33.7 Å². The number of carbonyl (C=O) groups is 3. The van der Waals surface area contributed by atoms with Gasteiger partial charge in [-0.25, -0.2) is 14.1 Å². The van der Waals surface area contributed by atoms with Crippen molar-refractivity contribution in [1.82, 2.24) is 9.88 Å². The number of aromatic hydroxyl groups is 1. The van der Waals surface area contributed by atoms with Crippen LogP contribution >= 0.6 is 22.6 Å². The third-order valence-corrected chi connectivity index (χ3v) is 6.43. The minimum atomic E-state index is -1.49. The van der Waals surface area contributed by atoms with E-state index in [9.17, 15) is 19.5 Å². The zero-order chi connectivity index (χ0) is 26.7. The van der Waals surface area contributed by atoms with Crippen LogP contribution in [0.15, 0.2) is 60.8 Å². The standard InChI is InChI=1S/C25H22FIN4O6/c26-17-12-15(27)5-8-19(17)30-22(14-3-6-16(7-4-14)37-11-10-32)24(35)31(25(30)36)20(23(28)34)13-18-21(33)2-1-9-29-18/h1-9,12,20,22,32-33H,10-11,13H2,(H2,28,34)/t20-,22+/m0/s1. The van der Waals surface area contributed by atoms with E-state index >= 15 is 4.39 Å². The Kier molecular flexibility index (Phi) is 7.88. The van der Waals surface area contributed by atoms with Crippen LogP contribution in [0.5, 0.6) is 11.5 Å². The molecular formula is C25H22FIN4O6. The molecule has 0 spiro atoms. The molecule has 1 aliphatic rings. The third kappa shape index (κ3) is 5.34. The van der Waals surface area contributed by atoms with E-state index in [0.29, 0.717) is 19.8 Å². The van der Waals surface area contributed by atoms with Gasteiger partial charge in [0.1, 0.15) is 36.0 Å². The fourth-order valence-electron chi connectivity index (χ4n) is 4.06. The second-order valence-corrected chi connectivity index (χ2v) is 9.34. The molecule has 12 heteroatoms. The number of carbonyl (C=O) groups excluding carboxylic acids is 3. The highest BCUT2D eigenvalue weighted by molar-refractivity contribution is 14.1. The van der Waals surface area contributed by atoms with Gasteiger partial charge < -0.3 is 20.7 Å². The first-order valence-electron chi connectivity index (χ1n) is 11.1. The van der Waals surface area contributed by atoms with Crippen LogP contribution in [0.25, 0.3) is 0 Å². The monoisotopic (exact) mass is 620 g/mol. The predicted molar refractivity (Wildman–Crippen MR) is 138 cm³/mol. The molecule has 0 radical (unpaired) electrons. The first kappa shape index (κ1) is 26.3. The van der Waals surface area contributed by atoms with Gasteiger partial charge in [-0.3, -0.25) is 19.5 Å². The minimum Gasteiger partial charge on any atom is -0.506 e. The second kappa shape index (κ2) is 11.1. The molecule has 0 aliphatic carbocycles. The molecule has 1 aromatic heterocycles. The maximum absolute atomic E-state index is 15.1. The van der Waals surface area contributed by atoms with E-state index < -0.39 is 35.7 Å². The number of halogens is 2. The fourth-order valence-corrected chi connectivity index (χ4v) is 4.51. The average molecular weight is 620 g/mol. The Morgan fingerprint density at radius 2 is 1.92 bits per heavy atom. The lowest BCUT2D eigenvalue weighted by Gasteiger charge is -2.24. The van der Waals surface area contributed by atoms with Crippen LogP contribution in [0.4, 0.5) is 14.9 Å². The van der Waals surface area contributed by atoms with Crippen LogP contribution in [-0.4, -0.2) is 57.2 Å². The number of nitrogens with zero attached hydrogens (tertiary/aromatic N) is 3. The quantitative estimate of drug-likeness (QED) is 0.246. The molecule has 1 saturated heterocycles. The van der Waals surface area contributed by atoms with Gasteiger partial charge in [0.05, 0.1) is 18.0 Å². The summed E-state index contributed by atoms with van der Waals surface area (Å²) in [4.78, 5) is 45.6. The lowest BCUT2D eigenvalue weighted by atomic mass is 10.0. The number of rotatable bonds is 9. The van der Waals surface area contributed by atoms with Crippen LogP contribution in [0, 0.1) is 9.39 Å². The van der Waals surface area contributed by atoms with Gasteiger partial charge in [-0.2, -0.15) is 0 Å². The number of pyridine rings is 1. The highest BCUT2D eigenvalue weighted by Gasteiger charge is 2.51. The molecule has 4 N–H and O–H groups in total. The molecule has 4 amide bonds. The molecule has 0 unspecified atom stereocenters. The summed E-state index contributed by atoms with van der Waals surface area (Å²) in [6, 6.07) is 9.42. The molecule has 0 bridgehead atoms. The number of aliphatic hydroxyl groups excluding tert-OH is 1. The number of urea groups is 1. The average Bonchev–Trinajstić information content (AvgIpc) is 3.12. The fraction of sp³-hybridized carbons (Fsp3) is 0.200. The number of nitrogens with two attached hydrogens (primary N) is 1. The van der Waals surface area contributed by atoms with Crippen LogP contribution in [-0.2, 0) is 16.0 Å². The summed E-state index contributed by atoms with van der Waals surface area (Å²) >= 11 is 1.92. The summed E-state index contributed by atoms with van der Waals surface area (Å²) < 4.78 is 21.0. The molecular weight excluding hydrogens is 598 g/mol. The Hall–Kier alpha value is -3.78. The molecule has 4 rings (SSSR count). The summed E-state index contributed by atoms with van der Waals surface area (Å²) in [5.41, 5.74) is 5.84. The number of benzene rings is 2. The number of imide groups is 1. The number of hydrogen-bond acceptors (Lipinski definition) is 7. The molecule has 2 heterocycles. The van der Waals surface area contributed by atoms with Crippen molar-refractivity contribution in [3.05, 3.63) is 81.4 Å². The van der Waals surface area contributed by atoms with E-state index in [2.05, 4.69) is 4.98 Å². The number of ether oxygens (including phenoxy) is 1. The normalized spacial score (nSPS) is 16.2. The first-order valence-corrected chi connectivity index (χ1v) is 12.2. The van der Waals surface area contributed by atoms with Gasteiger partial charge in [0.2, 0.25) is 5.91 Å². The molecule has 3 aromatic rings. The second-order valence-electron chi connectivity index (χ2n) is 8.09. The van der Waals surface area contributed by atoms with Crippen molar-refractivity contribution in [2.24, 2.45) is 5.73 Å². The summed E-state index contributed by atoms with van der Waals surface area (Å²) in [5, 5.41) is 19.1. The van der Waals surface area contributed by atoms with E-state index in [0.717, 1.165) is 4.90 Å². The molecule has 2 atom stereocenters. The Balaban J connectivity index is 1.78. The van der Waals surface area contributed by atoms with Gasteiger partial charge in [-0.1, -0.05) is 12.1 Å². The largest absolute Gasteiger partial charge is 0.506 e. The maximum atomic E-state index is 15.1. The minimum absolute atomic E-state index is 0.0627. The zero-order valence-electron chi connectivity index (χ0n) is 19.3. The van der Waals surface area contributed by atoms with Gasteiger partial charge in [0.25, 0.3) is 5.91 Å². The molecule has 2 aromatic carbocycles. The Morgan fingerprint density at radius 1 is 1.19 bits per heavy atom. The topological polar surface area (TPSA) is 146 Å². The molecule has 37 heavy (non-hydrogen) atoms. The van der Waals surface area contributed by atoms with Crippen molar-refractivity contribution in [2.45, 2.75) is 18.5 Å². The van der Waals surface area contributed by atoms with Crippen molar-refractivity contribution in [1.29, 1.82) is 0 Å². The lowest BCUT2D eigenvalue weighted by Crippen LogP contribution is -2.50. The van der Waals surface area contributed by atoms with Gasteiger partial charge >= 0.3 is 6.03 Å². The number of primary amides is 1. The van der Waals surface area contributed by atoms with Crippen molar-refractivity contribution in [2.75, 3.05) is 18.1 Å². The third-order valence-electron chi connectivity index (χ3n) is 5.76. The van der Waals surface area contributed by atoms with E-state index in [1.165, 1.54) is 42.6 Å². The van der Waals surface area contributed by atoms with E-state index in [4.69, 9.17) is 15.6 Å². The highest BCUT2D eigenvalue weighted by atomic mass is 127. The smallest absolute Gasteiger partial charge is 0.333 e. The van der Waals surface area contributed by atoms with Gasteiger partial charge in [0, 0.05) is 16.2 Å². The molecule has 192 valence electrons. The summed E-state index contributed by atoms with van der Waals surface area (Å²) in [5.74, 6) is -2.35. The molecule has 10 nitrogen and oxygen atoms in total. The summed E-state index contributed by atoms with van der Waals surface area (Å²) in [7, 11) is 0. The summed E-state index contributed by atoms with van der Waals surface area (Å²) in [6.45, 7) is -0.124.